The van der Waals surface area contributed by atoms with Crippen LogP contribution in [-0.4, -0.2) is 30.9 Å². The molecule has 0 saturated heterocycles. The van der Waals surface area contributed by atoms with E-state index in [2.05, 4.69) is 19.2 Å². The van der Waals surface area contributed by atoms with Crippen molar-refractivity contribution in [3.05, 3.63) is 22.2 Å². The van der Waals surface area contributed by atoms with Crippen molar-refractivity contribution >= 4 is 40.5 Å². The lowest BCUT2D eigenvalue weighted by Crippen LogP contribution is -2.31. The summed E-state index contributed by atoms with van der Waals surface area (Å²) in [7, 11) is 1.91. The van der Waals surface area contributed by atoms with E-state index in [4.69, 9.17) is 28.9 Å². The van der Waals surface area contributed by atoms with Crippen LogP contribution in [0.15, 0.2) is 12.1 Å². The standard InChI is InChI=1S/C14H21Cl2N3O/c1-9(2)4-5-19(3)8-13(20)18-14-11(15)6-10(17)7-12(14)16/h6-7,9H,4-5,8,17H2,1-3H3,(H,18,20). The van der Waals surface area contributed by atoms with Crippen LogP contribution < -0.4 is 11.1 Å². The molecule has 0 aromatic heterocycles. The van der Waals surface area contributed by atoms with Gasteiger partial charge in [-0.15, -0.1) is 0 Å². The fraction of sp³-hybridized carbons (Fsp3) is 0.500. The Labute approximate surface area is 130 Å². The van der Waals surface area contributed by atoms with Crippen LogP contribution in [-0.2, 0) is 4.79 Å². The van der Waals surface area contributed by atoms with Crippen LogP contribution in [0, 0.1) is 5.92 Å². The average molecular weight is 318 g/mol. The number of amides is 1. The van der Waals surface area contributed by atoms with E-state index in [-0.39, 0.29) is 5.91 Å². The molecule has 3 N–H and O–H groups in total. The van der Waals surface area contributed by atoms with Gasteiger partial charge in [0.2, 0.25) is 5.91 Å². The summed E-state index contributed by atoms with van der Waals surface area (Å²) in [5.41, 5.74) is 6.49. The van der Waals surface area contributed by atoms with Crippen molar-refractivity contribution < 1.29 is 4.79 Å². The topological polar surface area (TPSA) is 58.4 Å². The Morgan fingerprint density at radius 3 is 2.40 bits per heavy atom. The smallest absolute Gasteiger partial charge is 0.238 e. The van der Waals surface area contributed by atoms with Crippen LogP contribution in [0.3, 0.4) is 0 Å². The van der Waals surface area contributed by atoms with E-state index in [0.717, 1.165) is 13.0 Å². The highest BCUT2D eigenvalue weighted by Crippen LogP contribution is 2.32. The second-order valence-electron chi connectivity index (χ2n) is 5.33. The Kier molecular flexibility index (Phi) is 6.59. The number of halogens is 2. The number of benzene rings is 1. The molecule has 0 atom stereocenters. The molecule has 0 aliphatic carbocycles. The van der Waals surface area contributed by atoms with Crippen LogP contribution in [0.4, 0.5) is 11.4 Å². The van der Waals surface area contributed by atoms with Gasteiger partial charge in [-0.3, -0.25) is 9.69 Å². The third-order valence-corrected chi connectivity index (χ3v) is 3.43. The van der Waals surface area contributed by atoms with Gasteiger partial charge in [-0.1, -0.05) is 37.0 Å². The lowest BCUT2D eigenvalue weighted by atomic mass is 10.1. The number of nitrogens with two attached hydrogens (primary N) is 1. The number of likely N-dealkylation sites (N-methyl/N-ethyl adjacent to an activating group) is 1. The van der Waals surface area contributed by atoms with Gasteiger partial charge in [0.15, 0.2) is 0 Å². The van der Waals surface area contributed by atoms with Crippen molar-refractivity contribution in [3.63, 3.8) is 0 Å². The molecule has 4 nitrogen and oxygen atoms in total. The van der Waals surface area contributed by atoms with E-state index in [9.17, 15) is 4.79 Å². The zero-order valence-electron chi connectivity index (χ0n) is 12.0. The number of carbonyl (C=O) groups excluding carboxylic acids is 1. The van der Waals surface area contributed by atoms with Gasteiger partial charge in [0.25, 0.3) is 0 Å². The second kappa shape index (κ2) is 7.72. The summed E-state index contributed by atoms with van der Waals surface area (Å²) in [4.78, 5) is 13.9. The Balaban J connectivity index is 2.59. The molecule has 1 rings (SSSR count). The van der Waals surface area contributed by atoms with Gasteiger partial charge in [-0.2, -0.15) is 0 Å². The number of carbonyl (C=O) groups is 1. The predicted octanol–water partition coefficient (Wildman–Crippen LogP) is 3.49. The molecule has 1 aromatic carbocycles. The fourth-order valence-corrected chi connectivity index (χ4v) is 2.29. The van der Waals surface area contributed by atoms with Crippen LogP contribution in [0.5, 0.6) is 0 Å². The van der Waals surface area contributed by atoms with Crippen LogP contribution in [0.1, 0.15) is 20.3 Å². The molecule has 112 valence electrons. The highest BCUT2D eigenvalue weighted by Gasteiger charge is 2.12. The molecule has 6 heteroatoms. The Bertz CT molecular complexity index is 454. The number of nitrogens with zero attached hydrogens (tertiary/aromatic N) is 1. The zero-order chi connectivity index (χ0) is 15.3. The summed E-state index contributed by atoms with van der Waals surface area (Å²) in [5.74, 6) is 0.464. The van der Waals surface area contributed by atoms with E-state index in [1.54, 1.807) is 12.1 Å². The van der Waals surface area contributed by atoms with Crippen molar-refractivity contribution in [2.45, 2.75) is 20.3 Å². The van der Waals surface area contributed by atoms with Crippen molar-refractivity contribution in [1.29, 1.82) is 0 Å². The number of nitrogen functional groups attached to an aromatic ring is 1. The molecule has 0 spiro atoms. The first-order chi connectivity index (χ1) is 9.29. The first kappa shape index (κ1) is 17.1. The summed E-state index contributed by atoms with van der Waals surface area (Å²) in [6, 6.07) is 3.12. The largest absolute Gasteiger partial charge is 0.399 e. The number of hydrogen-bond acceptors (Lipinski definition) is 3. The molecule has 0 saturated carbocycles. The van der Waals surface area contributed by atoms with Crippen LogP contribution >= 0.6 is 23.2 Å². The number of nitrogens with one attached hydrogen (secondary N) is 1. The summed E-state index contributed by atoms with van der Waals surface area (Å²) < 4.78 is 0. The molecular weight excluding hydrogens is 297 g/mol. The molecule has 0 fully saturated rings. The molecule has 0 heterocycles. The molecule has 0 bridgehead atoms. The van der Waals surface area contributed by atoms with E-state index in [0.29, 0.717) is 33.9 Å². The highest BCUT2D eigenvalue weighted by molar-refractivity contribution is 6.40. The normalized spacial score (nSPS) is 11.2. The zero-order valence-corrected chi connectivity index (χ0v) is 13.6. The van der Waals surface area contributed by atoms with Crippen molar-refractivity contribution in [1.82, 2.24) is 4.90 Å². The Hall–Kier alpha value is -0.970. The van der Waals surface area contributed by atoms with Crippen molar-refractivity contribution in [2.75, 3.05) is 31.2 Å². The van der Waals surface area contributed by atoms with Crippen molar-refractivity contribution in [3.8, 4) is 0 Å². The molecule has 0 unspecified atom stereocenters. The quantitative estimate of drug-likeness (QED) is 0.789. The van der Waals surface area contributed by atoms with E-state index in [1.165, 1.54) is 0 Å². The SMILES string of the molecule is CC(C)CCN(C)CC(=O)Nc1c(Cl)cc(N)cc1Cl. The summed E-state index contributed by atoms with van der Waals surface area (Å²) >= 11 is 12.1. The molecular formula is C14H21Cl2N3O. The third-order valence-electron chi connectivity index (χ3n) is 2.83. The summed E-state index contributed by atoms with van der Waals surface area (Å²) in [5, 5.41) is 3.41. The lowest BCUT2D eigenvalue weighted by Gasteiger charge is -2.18. The van der Waals surface area contributed by atoms with Gasteiger partial charge in [0, 0.05) is 5.69 Å². The van der Waals surface area contributed by atoms with Crippen LogP contribution in [0.2, 0.25) is 10.0 Å². The number of anilines is 2. The summed E-state index contributed by atoms with van der Waals surface area (Å²) in [6.07, 6.45) is 1.05. The van der Waals surface area contributed by atoms with Crippen molar-refractivity contribution in [2.24, 2.45) is 5.92 Å². The molecule has 0 aliphatic heterocycles. The first-order valence-corrected chi connectivity index (χ1v) is 7.28. The molecule has 1 aromatic rings. The molecule has 0 aliphatic rings. The first-order valence-electron chi connectivity index (χ1n) is 6.52. The highest BCUT2D eigenvalue weighted by atomic mass is 35.5. The van der Waals surface area contributed by atoms with Gasteiger partial charge in [-0.05, 0) is 38.1 Å². The lowest BCUT2D eigenvalue weighted by molar-refractivity contribution is -0.117. The van der Waals surface area contributed by atoms with E-state index < -0.39 is 0 Å². The molecule has 0 radical (unpaired) electrons. The fourth-order valence-electron chi connectivity index (χ4n) is 1.69. The van der Waals surface area contributed by atoms with Gasteiger partial charge < -0.3 is 11.1 Å². The minimum absolute atomic E-state index is 0.148. The third kappa shape index (κ3) is 5.57. The van der Waals surface area contributed by atoms with Gasteiger partial charge >= 0.3 is 0 Å². The minimum atomic E-state index is -0.148. The van der Waals surface area contributed by atoms with Gasteiger partial charge in [-0.25, -0.2) is 0 Å². The maximum atomic E-state index is 12.0. The average Bonchev–Trinajstić information content (AvgIpc) is 2.31. The minimum Gasteiger partial charge on any atom is -0.399 e. The number of rotatable bonds is 6. The Morgan fingerprint density at radius 1 is 1.35 bits per heavy atom. The molecule has 1 amide bonds. The maximum Gasteiger partial charge on any atom is 0.238 e. The second-order valence-corrected chi connectivity index (χ2v) is 6.14. The number of hydrogen-bond donors (Lipinski definition) is 2. The molecule has 20 heavy (non-hydrogen) atoms. The predicted molar refractivity (Wildman–Crippen MR) is 86.5 cm³/mol. The van der Waals surface area contributed by atoms with Gasteiger partial charge in [0.1, 0.15) is 0 Å². The van der Waals surface area contributed by atoms with Gasteiger partial charge in [0.05, 0.1) is 22.3 Å². The van der Waals surface area contributed by atoms with E-state index in [1.807, 2.05) is 11.9 Å². The Morgan fingerprint density at radius 2 is 1.90 bits per heavy atom. The maximum absolute atomic E-state index is 12.0. The monoisotopic (exact) mass is 317 g/mol. The van der Waals surface area contributed by atoms with Crippen LogP contribution in [0.25, 0.3) is 0 Å². The van der Waals surface area contributed by atoms with E-state index >= 15 is 0 Å². The summed E-state index contributed by atoms with van der Waals surface area (Å²) in [6.45, 7) is 5.47.